The molecule has 0 bridgehead atoms. The van der Waals surface area contributed by atoms with Gasteiger partial charge in [0.1, 0.15) is 0 Å². The minimum Gasteiger partial charge on any atom is -0.335 e. The number of nitrogens with one attached hydrogen (secondary N) is 1. The van der Waals surface area contributed by atoms with Crippen LogP contribution in [-0.4, -0.2) is 21.8 Å². The first kappa shape index (κ1) is 12.5. The van der Waals surface area contributed by atoms with E-state index in [0.29, 0.717) is 11.3 Å². The second-order valence-corrected chi connectivity index (χ2v) is 6.41. The molecule has 2 atom stereocenters. The summed E-state index contributed by atoms with van der Waals surface area (Å²) in [5, 5.41) is 5.87. The molecule has 86 valence electrons. The number of rotatable bonds is 2. The summed E-state index contributed by atoms with van der Waals surface area (Å²) in [6, 6.07) is 8.50. The SMILES string of the molecule is CC1N=C(Nc2ccc(Br)cc2)SC1CBr. The van der Waals surface area contributed by atoms with Gasteiger partial charge in [-0.1, -0.05) is 43.6 Å². The largest absolute Gasteiger partial charge is 0.335 e. The average molecular weight is 364 g/mol. The Hall–Kier alpha value is -0.000000000000000111. The van der Waals surface area contributed by atoms with Crippen molar-refractivity contribution < 1.29 is 0 Å². The molecule has 5 heteroatoms. The molecule has 2 unspecified atom stereocenters. The van der Waals surface area contributed by atoms with Crippen LogP contribution in [0, 0.1) is 0 Å². The predicted octanol–water partition coefficient (Wildman–Crippen LogP) is 4.12. The van der Waals surface area contributed by atoms with E-state index >= 15 is 0 Å². The van der Waals surface area contributed by atoms with Gasteiger partial charge < -0.3 is 5.32 Å². The number of halogens is 2. The molecule has 1 aromatic rings. The Morgan fingerprint density at radius 1 is 1.38 bits per heavy atom. The highest BCUT2D eigenvalue weighted by Crippen LogP contribution is 2.29. The van der Waals surface area contributed by atoms with Gasteiger partial charge in [-0.3, -0.25) is 4.99 Å². The van der Waals surface area contributed by atoms with Gasteiger partial charge in [-0.05, 0) is 31.2 Å². The van der Waals surface area contributed by atoms with Crippen LogP contribution in [0.15, 0.2) is 33.7 Å². The Bertz CT molecular complexity index is 391. The van der Waals surface area contributed by atoms with Gasteiger partial charge in [0.25, 0.3) is 0 Å². The van der Waals surface area contributed by atoms with Gasteiger partial charge in [-0.15, -0.1) is 0 Å². The lowest BCUT2D eigenvalue weighted by Crippen LogP contribution is -2.14. The van der Waals surface area contributed by atoms with Crippen LogP contribution in [0.3, 0.4) is 0 Å². The van der Waals surface area contributed by atoms with Crippen molar-refractivity contribution >= 4 is 54.5 Å². The van der Waals surface area contributed by atoms with E-state index in [1.807, 2.05) is 24.3 Å². The number of hydrogen-bond donors (Lipinski definition) is 1. The van der Waals surface area contributed by atoms with E-state index in [2.05, 4.69) is 49.1 Å². The highest BCUT2D eigenvalue weighted by Gasteiger charge is 2.25. The van der Waals surface area contributed by atoms with Crippen molar-refractivity contribution in [3.05, 3.63) is 28.7 Å². The minimum atomic E-state index is 0.377. The van der Waals surface area contributed by atoms with Gasteiger partial charge in [0.2, 0.25) is 0 Å². The molecule has 1 aliphatic rings. The second kappa shape index (κ2) is 5.56. The molecule has 0 saturated heterocycles. The van der Waals surface area contributed by atoms with Crippen molar-refractivity contribution in [2.45, 2.75) is 18.2 Å². The zero-order chi connectivity index (χ0) is 11.5. The third kappa shape index (κ3) is 3.02. The molecule has 2 rings (SSSR count). The molecular formula is C11H12Br2N2S. The smallest absolute Gasteiger partial charge is 0.161 e. The van der Waals surface area contributed by atoms with E-state index in [-0.39, 0.29) is 0 Å². The normalized spacial score (nSPS) is 24.3. The molecule has 0 radical (unpaired) electrons. The average Bonchev–Trinajstić information content (AvgIpc) is 2.62. The van der Waals surface area contributed by atoms with Gasteiger partial charge in [0.15, 0.2) is 5.17 Å². The van der Waals surface area contributed by atoms with Crippen LogP contribution in [0.5, 0.6) is 0 Å². The number of thioether (sulfide) groups is 1. The van der Waals surface area contributed by atoms with E-state index in [9.17, 15) is 0 Å². The van der Waals surface area contributed by atoms with Crippen LogP contribution in [0.1, 0.15) is 6.92 Å². The maximum Gasteiger partial charge on any atom is 0.161 e. The molecule has 0 aromatic heterocycles. The molecule has 0 spiro atoms. The van der Waals surface area contributed by atoms with E-state index in [0.717, 1.165) is 20.7 Å². The molecule has 0 saturated carbocycles. The quantitative estimate of drug-likeness (QED) is 0.799. The molecule has 16 heavy (non-hydrogen) atoms. The van der Waals surface area contributed by atoms with E-state index in [4.69, 9.17) is 0 Å². The Labute approximate surface area is 117 Å². The molecule has 2 nitrogen and oxygen atoms in total. The summed E-state index contributed by atoms with van der Waals surface area (Å²) in [6.07, 6.45) is 0. The Kier molecular flexibility index (Phi) is 4.33. The summed E-state index contributed by atoms with van der Waals surface area (Å²) in [4.78, 5) is 4.59. The lowest BCUT2D eigenvalue weighted by atomic mass is 10.3. The number of amidine groups is 1. The van der Waals surface area contributed by atoms with E-state index in [1.54, 1.807) is 11.8 Å². The van der Waals surface area contributed by atoms with Crippen molar-refractivity contribution in [2.75, 3.05) is 10.6 Å². The number of aliphatic imine (C=N–C) groups is 1. The summed E-state index contributed by atoms with van der Waals surface area (Å²) in [5.74, 6) is 0. The number of benzene rings is 1. The molecule has 0 fully saturated rings. The van der Waals surface area contributed by atoms with Gasteiger partial charge in [-0.25, -0.2) is 0 Å². The highest BCUT2D eigenvalue weighted by atomic mass is 79.9. The highest BCUT2D eigenvalue weighted by molar-refractivity contribution is 9.10. The van der Waals surface area contributed by atoms with E-state index in [1.165, 1.54) is 0 Å². The first-order valence-corrected chi connectivity index (χ1v) is 7.81. The number of nitrogens with zero attached hydrogens (tertiary/aromatic N) is 1. The fourth-order valence-electron chi connectivity index (χ4n) is 1.42. The van der Waals surface area contributed by atoms with Gasteiger partial charge in [0.05, 0.1) is 6.04 Å². The summed E-state index contributed by atoms with van der Waals surface area (Å²) in [6.45, 7) is 2.15. The van der Waals surface area contributed by atoms with Crippen molar-refractivity contribution in [1.82, 2.24) is 0 Å². The Morgan fingerprint density at radius 2 is 2.06 bits per heavy atom. The minimum absolute atomic E-state index is 0.377. The van der Waals surface area contributed by atoms with Crippen molar-refractivity contribution in [1.29, 1.82) is 0 Å². The summed E-state index contributed by atoms with van der Waals surface area (Å²) in [7, 11) is 0. The molecule has 1 aliphatic heterocycles. The number of alkyl halides is 1. The Balaban J connectivity index is 2.01. The molecule has 1 aromatic carbocycles. The maximum atomic E-state index is 4.59. The van der Waals surface area contributed by atoms with Crippen LogP contribution < -0.4 is 5.32 Å². The first-order valence-electron chi connectivity index (χ1n) is 5.02. The number of hydrogen-bond acceptors (Lipinski definition) is 3. The Morgan fingerprint density at radius 3 is 2.62 bits per heavy atom. The zero-order valence-electron chi connectivity index (χ0n) is 8.78. The first-order chi connectivity index (χ1) is 7.69. The monoisotopic (exact) mass is 362 g/mol. The van der Waals surface area contributed by atoms with Crippen LogP contribution in [0.25, 0.3) is 0 Å². The summed E-state index contributed by atoms with van der Waals surface area (Å²) in [5.41, 5.74) is 1.08. The fourth-order valence-corrected chi connectivity index (χ4v) is 3.63. The topological polar surface area (TPSA) is 24.4 Å². The molecule has 1 N–H and O–H groups in total. The maximum absolute atomic E-state index is 4.59. The van der Waals surface area contributed by atoms with Crippen molar-refractivity contribution in [3.63, 3.8) is 0 Å². The third-order valence-corrected chi connectivity index (χ3v) is 5.32. The zero-order valence-corrected chi connectivity index (χ0v) is 12.8. The number of anilines is 1. The standard InChI is InChI=1S/C11H12Br2N2S/c1-7-10(6-12)16-11(14-7)15-9-4-2-8(13)3-5-9/h2-5,7,10H,6H2,1H3,(H,14,15). The predicted molar refractivity (Wildman–Crippen MR) is 79.8 cm³/mol. The lowest BCUT2D eigenvalue weighted by molar-refractivity contribution is 0.758. The van der Waals surface area contributed by atoms with Gasteiger partial charge in [0, 0.05) is 20.7 Å². The van der Waals surface area contributed by atoms with E-state index < -0.39 is 0 Å². The van der Waals surface area contributed by atoms with Crippen LogP contribution in [0.4, 0.5) is 5.69 Å². The van der Waals surface area contributed by atoms with Crippen molar-refractivity contribution in [2.24, 2.45) is 4.99 Å². The molecule has 1 heterocycles. The second-order valence-electron chi connectivity index (χ2n) is 3.62. The summed E-state index contributed by atoms with van der Waals surface area (Å²) >= 11 is 8.73. The fraction of sp³-hybridized carbons (Fsp3) is 0.364. The van der Waals surface area contributed by atoms with Crippen molar-refractivity contribution in [3.8, 4) is 0 Å². The molecule has 0 aliphatic carbocycles. The molecular weight excluding hydrogens is 352 g/mol. The summed E-state index contributed by atoms with van der Waals surface area (Å²) < 4.78 is 1.09. The van der Waals surface area contributed by atoms with Crippen LogP contribution in [-0.2, 0) is 0 Å². The lowest BCUT2D eigenvalue weighted by Gasteiger charge is -2.08. The van der Waals surface area contributed by atoms with Gasteiger partial charge in [-0.2, -0.15) is 0 Å². The van der Waals surface area contributed by atoms with Crippen LogP contribution in [0.2, 0.25) is 0 Å². The molecule has 0 amide bonds. The third-order valence-electron chi connectivity index (χ3n) is 2.37. The van der Waals surface area contributed by atoms with Gasteiger partial charge >= 0.3 is 0 Å². The van der Waals surface area contributed by atoms with Crippen LogP contribution >= 0.6 is 43.6 Å².